The normalized spacial score (nSPS) is 45.0. The Morgan fingerprint density at radius 1 is 1.83 bits per heavy atom. The summed E-state index contributed by atoms with van der Waals surface area (Å²) in [6.45, 7) is 1.24. The molecule has 0 aromatic rings. The van der Waals surface area contributed by atoms with Gasteiger partial charge in [-0.05, 0) is 0 Å². The van der Waals surface area contributed by atoms with Crippen LogP contribution in [0.2, 0.25) is 0 Å². The lowest BCUT2D eigenvalue weighted by Crippen LogP contribution is -2.50. The summed E-state index contributed by atoms with van der Waals surface area (Å²) >= 11 is 0. The van der Waals surface area contributed by atoms with Crippen LogP contribution < -0.4 is 0 Å². The Hall–Kier alpha value is -0.120. The van der Waals surface area contributed by atoms with Crippen molar-refractivity contribution in [3.05, 3.63) is 5.21 Å². The molecule has 0 bridgehead atoms. The zero-order chi connectivity index (χ0) is 4.62. The van der Waals surface area contributed by atoms with Crippen LogP contribution in [0.1, 0.15) is 0 Å². The fraction of sp³-hybridized carbons (Fsp3) is 1.00. The highest BCUT2D eigenvalue weighted by atomic mass is 16.9. The van der Waals surface area contributed by atoms with E-state index in [0.717, 1.165) is 0 Å². The van der Waals surface area contributed by atoms with Crippen LogP contribution >= 0.6 is 0 Å². The maximum Gasteiger partial charge on any atom is 0.158 e. The third-order valence-corrected chi connectivity index (χ3v) is 0.862. The van der Waals surface area contributed by atoms with Gasteiger partial charge < -0.3 is 5.21 Å². The summed E-state index contributed by atoms with van der Waals surface area (Å²) in [5, 5.41) is 10.3. The van der Waals surface area contributed by atoms with Crippen molar-refractivity contribution in [3.8, 4) is 0 Å². The maximum absolute atomic E-state index is 10.3. The van der Waals surface area contributed by atoms with Gasteiger partial charge in [0.2, 0.25) is 0 Å². The van der Waals surface area contributed by atoms with Gasteiger partial charge in [0.1, 0.15) is 6.54 Å². The largest absolute Gasteiger partial charge is 0.598 e. The molecule has 0 N–H and O–H groups in total. The highest BCUT2D eigenvalue weighted by Crippen LogP contribution is 2.08. The molecule has 3 heteroatoms. The van der Waals surface area contributed by atoms with Crippen molar-refractivity contribution < 1.29 is 9.65 Å². The minimum absolute atomic E-state index is 0.500. The summed E-state index contributed by atoms with van der Waals surface area (Å²) in [7, 11) is 1.49. The molecule has 1 atom stereocenters. The van der Waals surface area contributed by atoms with Crippen LogP contribution in [-0.4, -0.2) is 25.0 Å². The number of hydrogen-bond donors (Lipinski definition) is 0. The molecule has 1 heterocycles. The van der Waals surface area contributed by atoms with Gasteiger partial charge in [0.15, 0.2) is 6.61 Å². The highest BCUT2D eigenvalue weighted by molar-refractivity contribution is 4.33. The third kappa shape index (κ3) is 0.518. The van der Waals surface area contributed by atoms with E-state index in [0.29, 0.717) is 13.2 Å². The van der Waals surface area contributed by atoms with Crippen molar-refractivity contribution in [2.24, 2.45) is 0 Å². The molecule has 1 fully saturated rings. The summed E-state index contributed by atoms with van der Waals surface area (Å²) in [6, 6.07) is 0. The smallest absolute Gasteiger partial charge is 0.158 e. The fourth-order valence-corrected chi connectivity index (χ4v) is 0.348. The minimum atomic E-state index is -0.500. The van der Waals surface area contributed by atoms with E-state index in [2.05, 4.69) is 4.84 Å². The molecule has 1 aliphatic rings. The van der Waals surface area contributed by atoms with Gasteiger partial charge in [-0.15, -0.1) is 0 Å². The second kappa shape index (κ2) is 0.932. The molecule has 36 valence electrons. The van der Waals surface area contributed by atoms with Crippen LogP contribution in [0, 0.1) is 5.21 Å². The molecule has 0 aromatic heterocycles. The molecule has 0 radical (unpaired) electrons. The molecule has 0 spiro atoms. The molecule has 0 aromatic carbocycles. The molecular weight excluding hydrogens is 82.0 g/mol. The molecule has 0 amide bonds. The average molecular weight is 89.1 g/mol. The molecule has 6 heavy (non-hydrogen) atoms. The van der Waals surface area contributed by atoms with E-state index in [-0.39, 0.29) is 0 Å². The first-order valence-corrected chi connectivity index (χ1v) is 1.92. The van der Waals surface area contributed by atoms with E-state index in [1.165, 1.54) is 7.05 Å². The first kappa shape index (κ1) is 4.05. The second-order valence-electron chi connectivity index (χ2n) is 1.57. The Labute approximate surface area is 36.2 Å². The predicted molar refractivity (Wildman–Crippen MR) is 20.4 cm³/mol. The molecule has 1 aliphatic heterocycles. The standard InChI is InChI=1S/C3H7NO2/c1-4(5)2-3-6-4/h2-3H2,1H3. The zero-order valence-corrected chi connectivity index (χ0v) is 3.68. The van der Waals surface area contributed by atoms with Crippen molar-refractivity contribution in [2.45, 2.75) is 0 Å². The Bertz CT molecular complexity index is 55.8. The van der Waals surface area contributed by atoms with Gasteiger partial charge in [-0.2, -0.15) is 4.84 Å². The second-order valence-corrected chi connectivity index (χ2v) is 1.57. The van der Waals surface area contributed by atoms with Gasteiger partial charge in [-0.3, -0.25) is 0 Å². The lowest BCUT2D eigenvalue weighted by Gasteiger charge is -2.41. The number of nitrogens with zero attached hydrogens (tertiary/aromatic N) is 1. The SMILES string of the molecule is C[N+]1([O-])CCO1. The number of hydrogen-bond acceptors (Lipinski definition) is 2. The quantitative estimate of drug-likeness (QED) is 0.306. The summed E-state index contributed by atoms with van der Waals surface area (Å²) in [6.07, 6.45) is 0. The fourth-order valence-electron chi connectivity index (χ4n) is 0.348. The first-order chi connectivity index (χ1) is 2.71. The van der Waals surface area contributed by atoms with Crippen molar-refractivity contribution in [3.63, 3.8) is 0 Å². The van der Waals surface area contributed by atoms with Crippen LogP contribution in [-0.2, 0) is 4.84 Å². The van der Waals surface area contributed by atoms with Crippen molar-refractivity contribution in [1.29, 1.82) is 0 Å². The predicted octanol–water partition coefficient (Wildman–Crippen LogP) is -0.124. The van der Waals surface area contributed by atoms with Crippen LogP contribution in [0.25, 0.3) is 0 Å². The monoisotopic (exact) mass is 89.0 g/mol. The zero-order valence-electron chi connectivity index (χ0n) is 3.68. The number of quaternary nitrogens is 1. The average Bonchev–Trinajstić information content (AvgIpc) is 1.32. The molecule has 1 unspecified atom stereocenters. The van der Waals surface area contributed by atoms with Crippen molar-refractivity contribution in [1.82, 2.24) is 0 Å². The van der Waals surface area contributed by atoms with E-state index >= 15 is 0 Å². The topological polar surface area (TPSA) is 32.3 Å². The molecule has 0 aliphatic carbocycles. The lowest BCUT2D eigenvalue weighted by atomic mass is 10.6. The van der Waals surface area contributed by atoms with E-state index < -0.39 is 4.81 Å². The number of likely N-dealkylation sites (N-methyl/N-ethyl adjacent to an activating group) is 1. The lowest BCUT2D eigenvalue weighted by molar-refractivity contribution is -1.10. The Morgan fingerprint density at radius 3 is 2.17 bits per heavy atom. The van der Waals surface area contributed by atoms with Gasteiger partial charge in [-0.1, -0.05) is 0 Å². The van der Waals surface area contributed by atoms with Gasteiger partial charge in [0.05, 0.1) is 7.05 Å². The summed E-state index contributed by atoms with van der Waals surface area (Å²) in [5.74, 6) is 0. The molecule has 1 rings (SSSR count). The summed E-state index contributed by atoms with van der Waals surface area (Å²) < 4.78 is 0. The third-order valence-electron chi connectivity index (χ3n) is 0.862. The maximum atomic E-state index is 10.3. The van der Waals surface area contributed by atoms with Crippen LogP contribution in [0.15, 0.2) is 0 Å². The van der Waals surface area contributed by atoms with Gasteiger partial charge in [-0.25, -0.2) is 4.81 Å². The number of rotatable bonds is 0. The van der Waals surface area contributed by atoms with E-state index in [9.17, 15) is 5.21 Å². The number of hydroxylamine groups is 4. The van der Waals surface area contributed by atoms with E-state index in [4.69, 9.17) is 0 Å². The molecular formula is C3H7NO2. The molecule has 3 nitrogen and oxygen atoms in total. The van der Waals surface area contributed by atoms with Gasteiger partial charge in [0, 0.05) is 0 Å². The first-order valence-electron chi connectivity index (χ1n) is 1.92. The highest BCUT2D eigenvalue weighted by Gasteiger charge is 2.21. The summed E-state index contributed by atoms with van der Waals surface area (Å²) in [5.41, 5.74) is 0. The Kier molecular flexibility index (Phi) is 0.629. The van der Waals surface area contributed by atoms with Crippen LogP contribution in [0.4, 0.5) is 0 Å². The van der Waals surface area contributed by atoms with Crippen LogP contribution in [0.5, 0.6) is 0 Å². The van der Waals surface area contributed by atoms with E-state index in [1.807, 2.05) is 0 Å². The molecule has 1 saturated heterocycles. The van der Waals surface area contributed by atoms with Crippen molar-refractivity contribution in [2.75, 3.05) is 20.2 Å². The summed E-state index contributed by atoms with van der Waals surface area (Å²) in [4.78, 5) is 4.00. The Balaban J connectivity index is 2.31. The molecule has 0 saturated carbocycles. The van der Waals surface area contributed by atoms with Crippen molar-refractivity contribution >= 4 is 0 Å². The van der Waals surface area contributed by atoms with Crippen LogP contribution in [0.3, 0.4) is 0 Å². The Morgan fingerprint density at radius 2 is 2.17 bits per heavy atom. The minimum Gasteiger partial charge on any atom is -0.598 e. The van der Waals surface area contributed by atoms with E-state index in [1.54, 1.807) is 0 Å². The van der Waals surface area contributed by atoms with Gasteiger partial charge in [0.25, 0.3) is 0 Å². The van der Waals surface area contributed by atoms with Gasteiger partial charge >= 0.3 is 0 Å².